The van der Waals surface area contributed by atoms with Crippen LogP contribution in [0.25, 0.3) is 0 Å². The average molecular weight is 194 g/mol. The minimum absolute atomic E-state index is 0.000185. The van der Waals surface area contributed by atoms with E-state index in [2.05, 4.69) is 9.97 Å². The Morgan fingerprint density at radius 1 is 1.50 bits per heavy atom. The number of hydrogen-bond donors (Lipinski definition) is 1. The highest BCUT2D eigenvalue weighted by molar-refractivity contribution is 5.71. The summed E-state index contributed by atoms with van der Waals surface area (Å²) in [5.41, 5.74) is 2.33. The second kappa shape index (κ2) is 4.17. The molecule has 0 unspecified atom stereocenters. The Morgan fingerprint density at radius 2 is 2.14 bits per heavy atom. The molecule has 0 atom stereocenters. The van der Waals surface area contributed by atoms with Crippen LogP contribution in [0.2, 0.25) is 0 Å². The number of carboxylic acids is 1. The minimum Gasteiger partial charge on any atom is -0.481 e. The van der Waals surface area contributed by atoms with Gasteiger partial charge in [-0.2, -0.15) is 0 Å². The van der Waals surface area contributed by atoms with Gasteiger partial charge >= 0.3 is 5.97 Å². The monoisotopic (exact) mass is 194 g/mol. The zero-order valence-electron chi connectivity index (χ0n) is 8.61. The van der Waals surface area contributed by atoms with Gasteiger partial charge in [0.25, 0.3) is 0 Å². The lowest BCUT2D eigenvalue weighted by atomic mass is 10.0. The molecule has 1 heterocycles. The molecule has 0 radical (unpaired) electrons. The first kappa shape index (κ1) is 10.6. The molecule has 0 saturated carbocycles. The van der Waals surface area contributed by atoms with Crippen LogP contribution in [0.4, 0.5) is 0 Å². The molecule has 0 aliphatic rings. The highest BCUT2D eigenvalue weighted by atomic mass is 16.4. The molecule has 0 amide bonds. The third-order valence-electron chi connectivity index (χ3n) is 2.07. The Hall–Kier alpha value is -1.45. The van der Waals surface area contributed by atoms with E-state index in [0.29, 0.717) is 0 Å². The predicted molar refractivity (Wildman–Crippen MR) is 52.2 cm³/mol. The molecule has 0 bridgehead atoms. The number of aryl methyl sites for hydroxylation is 1. The van der Waals surface area contributed by atoms with Crippen molar-refractivity contribution in [3.8, 4) is 0 Å². The SMILES string of the molecule is Cc1ncnc(C(C)C)c1CC(=O)O. The summed E-state index contributed by atoms with van der Waals surface area (Å²) in [5.74, 6) is -0.615. The molecule has 1 rings (SSSR count). The van der Waals surface area contributed by atoms with Gasteiger partial charge in [-0.05, 0) is 12.8 Å². The molecular formula is C10H14N2O2. The zero-order valence-corrected chi connectivity index (χ0v) is 8.61. The van der Waals surface area contributed by atoms with Crippen LogP contribution in [0.5, 0.6) is 0 Å². The average Bonchev–Trinajstić information content (AvgIpc) is 2.07. The van der Waals surface area contributed by atoms with E-state index in [1.54, 1.807) is 0 Å². The molecule has 0 aliphatic heterocycles. The van der Waals surface area contributed by atoms with Crippen molar-refractivity contribution < 1.29 is 9.90 Å². The van der Waals surface area contributed by atoms with Gasteiger partial charge in [0.15, 0.2) is 0 Å². The summed E-state index contributed by atoms with van der Waals surface area (Å²) in [7, 11) is 0. The molecule has 76 valence electrons. The van der Waals surface area contributed by atoms with Crippen molar-refractivity contribution in [2.24, 2.45) is 0 Å². The van der Waals surface area contributed by atoms with Gasteiger partial charge < -0.3 is 5.11 Å². The largest absolute Gasteiger partial charge is 0.481 e. The van der Waals surface area contributed by atoms with E-state index < -0.39 is 5.97 Å². The van der Waals surface area contributed by atoms with E-state index in [1.807, 2.05) is 20.8 Å². The van der Waals surface area contributed by atoms with Gasteiger partial charge in [-0.15, -0.1) is 0 Å². The summed E-state index contributed by atoms with van der Waals surface area (Å²) < 4.78 is 0. The number of hydrogen-bond acceptors (Lipinski definition) is 3. The topological polar surface area (TPSA) is 63.1 Å². The van der Waals surface area contributed by atoms with Crippen LogP contribution < -0.4 is 0 Å². The lowest BCUT2D eigenvalue weighted by Crippen LogP contribution is -2.09. The van der Waals surface area contributed by atoms with Gasteiger partial charge in [-0.3, -0.25) is 4.79 Å². The van der Waals surface area contributed by atoms with Crippen molar-refractivity contribution in [3.05, 3.63) is 23.3 Å². The van der Waals surface area contributed by atoms with E-state index >= 15 is 0 Å². The van der Waals surface area contributed by atoms with Crippen LogP contribution in [0.1, 0.15) is 36.7 Å². The van der Waals surface area contributed by atoms with Crippen LogP contribution in [-0.4, -0.2) is 21.0 Å². The zero-order chi connectivity index (χ0) is 10.7. The number of aromatic nitrogens is 2. The Morgan fingerprint density at radius 3 is 2.64 bits per heavy atom. The molecule has 0 aromatic carbocycles. The summed E-state index contributed by atoms with van der Waals surface area (Å²) in [6.45, 7) is 5.80. The maximum absolute atomic E-state index is 10.6. The molecule has 1 N–H and O–H groups in total. The van der Waals surface area contributed by atoms with Crippen LogP contribution >= 0.6 is 0 Å². The molecule has 1 aromatic heterocycles. The molecule has 0 saturated heterocycles. The number of carboxylic acid groups (broad SMARTS) is 1. The van der Waals surface area contributed by atoms with Gasteiger partial charge in [0.2, 0.25) is 0 Å². The van der Waals surface area contributed by atoms with E-state index in [-0.39, 0.29) is 12.3 Å². The van der Waals surface area contributed by atoms with E-state index in [0.717, 1.165) is 17.0 Å². The Balaban J connectivity index is 3.15. The summed E-state index contributed by atoms with van der Waals surface area (Å²) in [4.78, 5) is 18.8. The predicted octanol–water partition coefficient (Wildman–Crippen LogP) is 1.54. The first-order valence-electron chi connectivity index (χ1n) is 4.54. The molecule has 0 aliphatic carbocycles. The van der Waals surface area contributed by atoms with E-state index in [4.69, 9.17) is 5.11 Å². The van der Waals surface area contributed by atoms with Crippen molar-refractivity contribution in [1.29, 1.82) is 0 Å². The summed E-state index contributed by atoms with van der Waals surface area (Å²) in [6, 6.07) is 0. The van der Waals surface area contributed by atoms with Crippen molar-refractivity contribution in [1.82, 2.24) is 9.97 Å². The van der Waals surface area contributed by atoms with Gasteiger partial charge in [-0.25, -0.2) is 9.97 Å². The smallest absolute Gasteiger partial charge is 0.307 e. The minimum atomic E-state index is -0.843. The van der Waals surface area contributed by atoms with E-state index in [1.165, 1.54) is 6.33 Å². The fourth-order valence-electron chi connectivity index (χ4n) is 1.39. The quantitative estimate of drug-likeness (QED) is 0.792. The fraction of sp³-hybridized carbons (Fsp3) is 0.500. The number of rotatable bonds is 3. The third-order valence-corrected chi connectivity index (χ3v) is 2.07. The standard InChI is InChI=1S/C10H14N2O2/c1-6(2)10-8(4-9(13)14)7(3)11-5-12-10/h5-6H,4H2,1-3H3,(H,13,14). The van der Waals surface area contributed by atoms with Gasteiger partial charge in [0.05, 0.1) is 12.1 Å². The normalized spacial score (nSPS) is 10.6. The molecular weight excluding hydrogens is 180 g/mol. The van der Waals surface area contributed by atoms with Crippen LogP contribution in [0, 0.1) is 6.92 Å². The van der Waals surface area contributed by atoms with Crippen LogP contribution in [0.3, 0.4) is 0 Å². The highest BCUT2D eigenvalue weighted by Crippen LogP contribution is 2.18. The first-order valence-corrected chi connectivity index (χ1v) is 4.54. The molecule has 4 nitrogen and oxygen atoms in total. The van der Waals surface area contributed by atoms with Crippen LogP contribution in [-0.2, 0) is 11.2 Å². The Kier molecular flexibility index (Phi) is 3.17. The van der Waals surface area contributed by atoms with Gasteiger partial charge in [-0.1, -0.05) is 13.8 Å². The summed E-state index contributed by atoms with van der Waals surface area (Å²) in [6.07, 6.45) is 1.48. The van der Waals surface area contributed by atoms with Crippen molar-refractivity contribution in [2.45, 2.75) is 33.1 Å². The Bertz CT molecular complexity index is 348. The van der Waals surface area contributed by atoms with Crippen LogP contribution in [0.15, 0.2) is 6.33 Å². The lowest BCUT2D eigenvalue weighted by molar-refractivity contribution is -0.136. The summed E-state index contributed by atoms with van der Waals surface area (Å²) in [5, 5.41) is 8.74. The lowest BCUT2D eigenvalue weighted by Gasteiger charge is -2.11. The summed E-state index contributed by atoms with van der Waals surface area (Å²) >= 11 is 0. The molecule has 1 aromatic rings. The third kappa shape index (κ3) is 2.28. The highest BCUT2D eigenvalue weighted by Gasteiger charge is 2.13. The fourth-order valence-corrected chi connectivity index (χ4v) is 1.39. The van der Waals surface area contributed by atoms with Crippen molar-refractivity contribution in [3.63, 3.8) is 0 Å². The maximum atomic E-state index is 10.6. The van der Waals surface area contributed by atoms with E-state index in [9.17, 15) is 4.79 Å². The Labute approximate surface area is 83.0 Å². The maximum Gasteiger partial charge on any atom is 0.307 e. The molecule has 0 spiro atoms. The van der Waals surface area contributed by atoms with Gasteiger partial charge in [0, 0.05) is 11.3 Å². The second-order valence-corrected chi connectivity index (χ2v) is 3.55. The first-order chi connectivity index (χ1) is 6.52. The second-order valence-electron chi connectivity index (χ2n) is 3.55. The van der Waals surface area contributed by atoms with Crippen molar-refractivity contribution in [2.75, 3.05) is 0 Å². The molecule has 14 heavy (non-hydrogen) atoms. The molecule has 4 heteroatoms. The number of carbonyl (C=O) groups is 1. The molecule has 0 fully saturated rings. The van der Waals surface area contributed by atoms with Gasteiger partial charge in [0.1, 0.15) is 6.33 Å². The number of nitrogens with zero attached hydrogens (tertiary/aromatic N) is 2. The number of aliphatic carboxylic acids is 1. The van der Waals surface area contributed by atoms with Crippen molar-refractivity contribution >= 4 is 5.97 Å².